The van der Waals surface area contributed by atoms with Crippen molar-refractivity contribution in [3.05, 3.63) is 23.8 Å². The maximum atomic E-state index is 5.84. The molecule has 1 aromatic carbocycles. The first-order valence-corrected chi connectivity index (χ1v) is 4.41. The molecule has 0 saturated carbocycles. The predicted octanol–water partition coefficient (Wildman–Crippen LogP) is 2.02. The molecule has 0 radical (unpaired) electrons. The van der Waals surface area contributed by atoms with E-state index in [9.17, 15) is 0 Å². The van der Waals surface area contributed by atoms with Crippen molar-refractivity contribution in [2.45, 2.75) is 25.8 Å². The van der Waals surface area contributed by atoms with Gasteiger partial charge in [0.05, 0.1) is 11.4 Å². The zero-order valence-electron chi connectivity index (χ0n) is 7.30. The number of rotatable bonds is 0. The Labute approximate surface area is 72.8 Å². The molecule has 2 nitrogen and oxygen atoms in total. The van der Waals surface area contributed by atoms with E-state index in [1.807, 2.05) is 12.1 Å². The number of aryl methyl sites for hydroxylation is 1. The summed E-state index contributed by atoms with van der Waals surface area (Å²) in [6.07, 6.45) is 2.35. The summed E-state index contributed by atoms with van der Waals surface area (Å²) in [5, 5.41) is 3.40. The van der Waals surface area contributed by atoms with Crippen molar-refractivity contribution in [1.82, 2.24) is 0 Å². The van der Waals surface area contributed by atoms with E-state index in [2.05, 4.69) is 18.3 Å². The molecule has 1 heterocycles. The van der Waals surface area contributed by atoms with Crippen LogP contribution in [0, 0.1) is 0 Å². The normalized spacial score (nSPS) is 21.2. The fourth-order valence-corrected chi connectivity index (χ4v) is 1.69. The number of fused-ring (bicyclic) bond motifs is 1. The van der Waals surface area contributed by atoms with Gasteiger partial charge in [-0.15, -0.1) is 0 Å². The summed E-state index contributed by atoms with van der Waals surface area (Å²) >= 11 is 0. The Morgan fingerprint density at radius 2 is 2.33 bits per heavy atom. The lowest BCUT2D eigenvalue weighted by atomic mass is 9.98. The van der Waals surface area contributed by atoms with Gasteiger partial charge in [-0.3, -0.25) is 0 Å². The highest BCUT2D eigenvalue weighted by Crippen LogP contribution is 2.29. The molecule has 1 aliphatic rings. The van der Waals surface area contributed by atoms with Crippen LogP contribution in [0.3, 0.4) is 0 Å². The second-order valence-electron chi connectivity index (χ2n) is 3.47. The Balaban J connectivity index is 2.43. The van der Waals surface area contributed by atoms with Gasteiger partial charge in [0.2, 0.25) is 0 Å². The van der Waals surface area contributed by atoms with E-state index in [1.165, 1.54) is 12.0 Å². The number of anilines is 2. The molecule has 1 aromatic rings. The van der Waals surface area contributed by atoms with Gasteiger partial charge in [-0.05, 0) is 31.4 Å². The molecule has 12 heavy (non-hydrogen) atoms. The molecule has 1 atom stereocenters. The molecule has 0 saturated heterocycles. The lowest BCUT2D eigenvalue weighted by molar-refractivity contribution is 0.682. The number of para-hydroxylation sites is 1. The third kappa shape index (κ3) is 1.13. The molecule has 1 aliphatic heterocycles. The molecule has 0 aliphatic carbocycles. The van der Waals surface area contributed by atoms with Crippen molar-refractivity contribution >= 4 is 11.4 Å². The van der Waals surface area contributed by atoms with Crippen molar-refractivity contribution < 1.29 is 0 Å². The first-order valence-electron chi connectivity index (χ1n) is 4.41. The molecule has 0 aromatic heterocycles. The van der Waals surface area contributed by atoms with Crippen LogP contribution in [0.2, 0.25) is 0 Å². The summed E-state index contributed by atoms with van der Waals surface area (Å²) in [6, 6.07) is 6.67. The fourth-order valence-electron chi connectivity index (χ4n) is 1.69. The molecule has 64 valence electrons. The number of hydrogen-bond acceptors (Lipinski definition) is 2. The highest BCUT2D eigenvalue weighted by Gasteiger charge is 2.14. The maximum Gasteiger partial charge on any atom is 0.0608 e. The summed E-state index contributed by atoms with van der Waals surface area (Å²) in [5.41, 5.74) is 9.22. The van der Waals surface area contributed by atoms with Gasteiger partial charge in [0.25, 0.3) is 0 Å². The average molecular weight is 162 g/mol. The molecular formula is C10H14N2. The topological polar surface area (TPSA) is 38.0 Å². The van der Waals surface area contributed by atoms with Crippen LogP contribution in [0.4, 0.5) is 11.4 Å². The van der Waals surface area contributed by atoms with Gasteiger partial charge in [-0.2, -0.15) is 0 Å². The Hall–Kier alpha value is -1.18. The minimum absolute atomic E-state index is 0.558. The summed E-state index contributed by atoms with van der Waals surface area (Å²) in [6.45, 7) is 2.19. The Morgan fingerprint density at radius 3 is 3.17 bits per heavy atom. The van der Waals surface area contributed by atoms with E-state index < -0.39 is 0 Å². The van der Waals surface area contributed by atoms with Crippen molar-refractivity contribution in [3.63, 3.8) is 0 Å². The van der Waals surface area contributed by atoms with E-state index in [0.717, 1.165) is 17.8 Å². The van der Waals surface area contributed by atoms with E-state index in [-0.39, 0.29) is 0 Å². The number of hydrogen-bond donors (Lipinski definition) is 2. The number of benzene rings is 1. The molecule has 0 spiro atoms. The summed E-state index contributed by atoms with van der Waals surface area (Å²) in [5.74, 6) is 0. The van der Waals surface area contributed by atoms with Crippen molar-refractivity contribution in [3.8, 4) is 0 Å². The van der Waals surface area contributed by atoms with Gasteiger partial charge in [0, 0.05) is 6.04 Å². The molecule has 0 unspecified atom stereocenters. The molecular weight excluding hydrogens is 148 g/mol. The summed E-state index contributed by atoms with van der Waals surface area (Å²) in [4.78, 5) is 0. The maximum absolute atomic E-state index is 5.84. The first-order chi connectivity index (χ1) is 5.77. The van der Waals surface area contributed by atoms with Crippen LogP contribution in [-0.4, -0.2) is 6.04 Å². The van der Waals surface area contributed by atoms with Crippen LogP contribution >= 0.6 is 0 Å². The molecule has 2 rings (SSSR count). The monoisotopic (exact) mass is 162 g/mol. The molecule has 0 amide bonds. The van der Waals surface area contributed by atoms with Crippen LogP contribution in [0.25, 0.3) is 0 Å². The van der Waals surface area contributed by atoms with Crippen molar-refractivity contribution in [2.75, 3.05) is 11.1 Å². The minimum Gasteiger partial charge on any atom is -0.397 e. The van der Waals surface area contributed by atoms with E-state index >= 15 is 0 Å². The zero-order valence-corrected chi connectivity index (χ0v) is 7.30. The lowest BCUT2D eigenvalue weighted by Crippen LogP contribution is -2.22. The lowest BCUT2D eigenvalue weighted by Gasteiger charge is -2.25. The Morgan fingerprint density at radius 1 is 1.50 bits per heavy atom. The molecule has 0 bridgehead atoms. The third-order valence-electron chi connectivity index (χ3n) is 2.42. The number of nitrogen functional groups attached to an aromatic ring is 1. The van der Waals surface area contributed by atoms with Crippen LogP contribution in [-0.2, 0) is 6.42 Å². The SMILES string of the molecule is C[C@@H]1CCc2cccc(N)c2N1. The van der Waals surface area contributed by atoms with Crippen molar-refractivity contribution in [2.24, 2.45) is 0 Å². The third-order valence-corrected chi connectivity index (χ3v) is 2.42. The minimum atomic E-state index is 0.558. The van der Waals surface area contributed by atoms with Gasteiger partial charge in [-0.25, -0.2) is 0 Å². The van der Waals surface area contributed by atoms with E-state index in [4.69, 9.17) is 5.73 Å². The van der Waals surface area contributed by atoms with Gasteiger partial charge < -0.3 is 11.1 Å². The van der Waals surface area contributed by atoms with Gasteiger partial charge in [0.1, 0.15) is 0 Å². The Kier molecular flexibility index (Phi) is 1.68. The standard InChI is InChI=1S/C10H14N2/c1-7-5-6-8-3-2-4-9(11)10(8)12-7/h2-4,7,12H,5-6,11H2,1H3/t7-/m1/s1. The summed E-state index contributed by atoms with van der Waals surface area (Å²) < 4.78 is 0. The predicted molar refractivity (Wildman–Crippen MR) is 52.3 cm³/mol. The second kappa shape index (κ2) is 2.70. The quantitative estimate of drug-likeness (QED) is 0.573. The van der Waals surface area contributed by atoms with Crippen LogP contribution < -0.4 is 11.1 Å². The van der Waals surface area contributed by atoms with Crippen LogP contribution in [0.5, 0.6) is 0 Å². The second-order valence-corrected chi connectivity index (χ2v) is 3.47. The highest BCUT2D eigenvalue weighted by molar-refractivity contribution is 5.71. The molecule has 3 N–H and O–H groups in total. The highest BCUT2D eigenvalue weighted by atomic mass is 14.9. The Bertz CT molecular complexity index is 294. The number of nitrogens with two attached hydrogens (primary N) is 1. The fraction of sp³-hybridized carbons (Fsp3) is 0.400. The smallest absolute Gasteiger partial charge is 0.0608 e. The van der Waals surface area contributed by atoms with Gasteiger partial charge in [-0.1, -0.05) is 12.1 Å². The zero-order chi connectivity index (χ0) is 8.55. The van der Waals surface area contributed by atoms with Crippen LogP contribution in [0.15, 0.2) is 18.2 Å². The average Bonchev–Trinajstić information content (AvgIpc) is 2.07. The van der Waals surface area contributed by atoms with Gasteiger partial charge in [0.15, 0.2) is 0 Å². The summed E-state index contributed by atoms with van der Waals surface area (Å²) in [7, 11) is 0. The largest absolute Gasteiger partial charge is 0.397 e. The van der Waals surface area contributed by atoms with Crippen molar-refractivity contribution in [1.29, 1.82) is 0 Å². The first kappa shape index (κ1) is 7.47. The number of nitrogens with one attached hydrogen (secondary N) is 1. The molecule has 2 heteroatoms. The van der Waals surface area contributed by atoms with E-state index in [0.29, 0.717) is 6.04 Å². The molecule has 0 fully saturated rings. The van der Waals surface area contributed by atoms with E-state index in [1.54, 1.807) is 0 Å². The van der Waals surface area contributed by atoms with Crippen LogP contribution in [0.1, 0.15) is 18.9 Å². The van der Waals surface area contributed by atoms with Gasteiger partial charge >= 0.3 is 0 Å².